The first-order valence-electron chi connectivity index (χ1n) is 6.39. The summed E-state index contributed by atoms with van der Waals surface area (Å²) in [5.74, 6) is 0.0617. The Morgan fingerprint density at radius 3 is 2.84 bits per heavy atom. The van der Waals surface area contributed by atoms with Crippen LogP contribution in [0.25, 0.3) is 0 Å². The third-order valence-corrected chi connectivity index (χ3v) is 4.14. The number of nitrogens with one attached hydrogen (secondary N) is 2. The average Bonchev–Trinajstić information content (AvgIpc) is 2.67. The van der Waals surface area contributed by atoms with Gasteiger partial charge in [-0.25, -0.2) is 4.98 Å². The van der Waals surface area contributed by atoms with Crippen molar-refractivity contribution in [1.29, 1.82) is 0 Å². The molecule has 2 rings (SSSR count). The van der Waals surface area contributed by atoms with Crippen LogP contribution < -0.4 is 10.6 Å². The molecule has 0 radical (unpaired) electrons. The fourth-order valence-electron chi connectivity index (χ4n) is 2.19. The van der Waals surface area contributed by atoms with Gasteiger partial charge in [0.15, 0.2) is 10.9 Å². The van der Waals surface area contributed by atoms with E-state index in [1.807, 2.05) is 0 Å². The molecule has 2 N–H and O–H groups in total. The second kappa shape index (κ2) is 5.38. The minimum atomic E-state index is -0.0767. The van der Waals surface area contributed by atoms with Gasteiger partial charge in [-0.3, -0.25) is 9.59 Å². The van der Waals surface area contributed by atoms with Gasteiger partial charge in [0.2, 0.25) is 5.91 Å². The summed E-state index contributed by atoms with van der Waals surface area (Å²) in [5.41, 5.74) is 0.793. The number of amides is 1. The Labute approximate surface area is 116 Å². The molecule has 1 amide bonds. The van der Waals surface area contributed by atoms with Crippen molar-refractivity contribution in [3.8, 4) is 0 Å². The van der Waals surface area contributed by atoms with Crippen LogP contribution in [0.3, 0.4) is 0 Å². The van der Waals surface area contributed by atoms with E-state index in [4.69, 9.17) is 0 Å². The Morgan fingerprint density at radius 1 is 1.42 bits per heavy atom. The number of Topliss-reactive ketones (excluding diaryl/α,β-unsaturated/α-hetero) is 1. The van der Waals surface area contributed by atoms with E-state index in [0.29, 0.717) is 29.4 Å². The van der Waals surface area contributed by atoms with Gasteiger partial charge in [0.05, 0.1) is 10.6 Å². The maximum Gasteiger partial charge on any atom is 0.227 e. The van der Waals surface area contributed by atoms with Gasteiger partial charge in [0.25, 0.3) is 0 Å². The third-order valence-electron chi connectivity index (χ3n) is 3.08. The molecule has 19 heavy (non-hydrogen) atoms. The predicted molar refractivity (Wildman–Crippen MR) is 75.7 cm³/mol. The van der Waals surface area contributed by atoms with E-state index in [2.05, 4.69) is 29.5 Å². The van der Waals surface area contributed by atoms with Gasteiger partial charge in [-0.1, -0.05) is 25.2 Å². The van der Waals surface area contributed by atoms with Gasteiger partial charge in [0, 0.05) is 19.4 Å². The summed E-state index contributed by atoms with van der Waals surface area (Å²) in [7, 11) is 1.80. The van der Waals surface area contributed by atoms with Crippen molar-refractivity contribution in [2.45, 2.75) is 33.1 Å². The summed E-state index contributed by atoms with van der Waals surface area (Å²) in [5, 5.41) is 6.22. The molecule has 0 atom stereocenters. The minimum absolute atomic E-state index is 0.0361. The molecule has 0 spiro atoms. The molecule has 0 bridgehead atoms. The van der Waals surface area contributed by atoms with Crippen LogP contribution in [0.4, 0.5) is 5.13 Å². The molecular weight excluding hydrogens is 262 g/mol. The zero-order chi connectivity index (χ0) is 14.0. The van der Waals surface area contributed by atoms with Crippen molar-refractivity contribution in [3.63, 3.8) is 0 Å². The molecule has 0 saturated carbocycles. The van der Waals surface area contributed by atoms with Crippen molar-refractivity contribution in [2.24, 2.45) is 5.41 Å². The molecule has 0 fully saturated rings. The lowest BCUT2D eigenvalue weighted by atomic mass is 9.78. The molecular formula is C13H19N3O2S. The molecule has 1 heterocycles. The maximum absolute atomic E-state index is 12.0. The topological polar surface area (TPSA) is 71.1 Å². The summed E-state index contributed by atoms with van der Waals surface area (Å²) in [4.78, 5) is 28.7. The Morgan fingerprint density at radius 2 is 2.16 bits per heavy atom. The summed E-state index contributed by atoms with van der Waals surface area (Å²) in [6, 6.07) is 0. The van der Waals surface area contributed by atoms with Crippen molar-refractivity contribution < 1.29 is 9.59 Å². The van der Waals surface area contributed by atoms with E-state index in [0.717, 1.165) is 12.1 Å². The SMILES string of the molecule is CNCCC(=O)Nc1nc2c(s1)C(=O)CC(C)(C)C2. The van der Waals surface area contributed by atoms with Crippen LogP contribution in [0.5, 0.6) is 0 Å². The second-order valence-corrected chi connectivity index (χ2v) is 6.64. The van der Waals surface area contributed by atoms with E-state index < -0.39 is 0 Å². The minimum Gasteiger partial charge on any atom is -0.319 e. The number of aromatic nitrogens is 1. The standard InChI is InChI=1S/C13H19N3O2S/c1-13(2)6-8-11(9(17)7-13)19-12(15-8)16-10(18)4-5-14-3/h14H,4-7H2,1-3H3,(H,15,16,18). The molecule has 0 aromatic carbocycles. The number of rotatable bonds is 4. The summed E-state index contributed by atoms with van der Waals surface area (Å²) in [6.07, 6.45) is 1.74. The van der Waals surface area contributed by atoms with Crippen LogP contribution in [-0.2, 0) is 11.2 Å². The molecule has 1 aliphatic carbocycles. The quantitative estimate of drug-likeness (QED) is 0.883. The van der Waals surface area contributed by atoms with Gasteiger partial charge >= 0.3 is 0 Å². The number of carbonyl (C=O) groups excluding carboxylic acids is 2. The van der Waals surface area contributed by atoms with E-state index in [1.54, 1.807) is 7.05 Å². The average molecular weight is 281 g/mol. The predicted octanol–water partition coefficient (Wildman–Crippen LogP) is 1.85. The Kier molecular flexibility index (Phi) is 4.01. The lowest BCUT2D eigenvalue weighted by Gasteiger charge is -2.26. The largest absolute Gasteiger partial charge is 0.319 e. The molecule has 6 heteroatoms. The fraction of sp³-hybridized carbons (Fsp3) is 0.615. The number of ketones is 1. The number of anilines is 1. The molecule has 1 aliphatic rings. The number of fused-ring (bicyclic) bond motifs is 1. The van der Waals surface area contributed by atoms with Gasteiger partial charge in [-0.05, 0) is 18.9 Å². The van der Waals surface area contributed by atoms with Crippen LogP contribution in [0.2, 0.25) is 0 Å². The van der Waals surface area contributed by atoms with Crippen LogP contribution in [-0.4, -0.2) is 30.3 Å². The smallest absolute Gasteiger partial charge is 0.227 e. The first-order valence-corrected chi connectivity index (χ1v) is 7.20. The third kappa shape index (κ3) is 3.39. The van der Waals surface area contributed by atoms with Crippen molar-refractivity contribution in [1.82, 2.24) is 10.3 Å². The van der Waals surface area contributed by atoms with Crippen LogP contribution in [0.15, 0.2) is 0 Å². The number of hydrogen-bond donors (Lipinski definition) is 2. The van der Waals surface area contributed by atoms with Crippen molar-refractivity contribution >= 4 is 28.2 Å². The Balaban J connectivity index is 2.10. The lowest BCUT2D eigenvalue weighted by molar-refractivity contribution is -0.116. The Bertz CT molecular complexity index is 508. The normalized spacial score (nSPS) is 17.1. The fourth-order valence-corrected chi connectivity index (χ4v) is 3.13. The number of carbonyl (C=O) groups is 2. The second-order valence-electron chi connectivity index (χ2n) is 5.64. The summed E-state index contributed by atoms with van der Waals surface area (Å²) >= 11 is 1.29. The van der Waals surface area contributed by atoms with E-state index in [9.17, 15) is 9.59 Å². The highest BCUT2D eigenvalue weighted by molar-refractivity contribution is 7.17. The highest BCUT2D eigenvalue weighted by Gasteiger charge is 2.33. The maximum atomic E-state index is 12.0. The van der Waals surface area contributed by atoms with E-state index >= 15 is 0 Å². The highest BCUT2D eigenvalue weighted by Crippen LogP contribution is 2.38. The number of hydrogen-bond acceptors (Lipinski definition) is 5. The molecule has 0 aliphatic heterocycles. The molecule has 0 saturated heterocycles. The molecule has 0 unspecified atom stereocenters. The molecule has 5 nitrogen and oxygen atoms in total. The van der Waals surface area contributed by atoms with Gasteiger partial charge in [-0.2, -0.15) is 0 Å². The monoisotopic (exact) mass is 281 g/mol. The van der Waals surface area contributed by atoms with E-state index in [-0.39, 0.29) is 17.1 Å². The first kappa shape index (κ1) is 14.1. The van der Waals surface area contributed by atoms with Crippen LogP contribution >= 0.6 is 11.3 Å². The highest BCUT2D eigenvalue weighted by atomic mass is 32.1. The van der Waals surface area contributed by atoms with Crippen LogP contribution in [0.1, 0.15) is 42.1 Å². The molecule has 104 valence electrons. The van der Waals surface area contributed by atoms with Crippen molar-refractivity contribution in [2.75, 3.05) is 18.9 Å². The molecule has 1 aromatic heterocycles. The van der Waals surface area contributed by atoms with Crippen molar-refractivity contribution in [3.05, 3.63) is 10.6 Å². The summed E-state index contributed by atoms with van der Waals surface area (Å²) in [6.45, 7) is 4.76. The Hall–Kier alpha value is -1.27. The van der Waals surface area contributed by atoms with Crippen LogP contribution in [0, 0.1) is 5.41 Å². The van der Waals surface area contributed by atoms with Gasteiger partial charge < -0.3 is 10.6 Å². The van der Waals surface area contributed by atoms with E-state index in [1.165, 1.54) is 11.3 Å². The van der Waals surface area contributed by atoms with Gasteiger partial charge in [-0.15, -0.1) is 0 Å². The van der Waals surface area contributed by atoms with Gasteiger partial charge in [0.1, 0.15) is 0 Å². The zero-order valence-corrected chi connectivity index (χ0v) is 12.3. The number of nitrogens with zero attached hydrogens (tertiary/aromatic N) is 1. The lowest BCUT2D eigenvalue weighted by Crippen LogP contribution is -2.26. The zero-order valence-electron chi connectivity index (χ0n) is 11.5. The molecule has 1 aromatic rings. The first-order chi connectivity index (χ1) is 8.91. The number of thiazole rings is 1. The summed E-state index contributed by atoms with van der Waals surface area (Å²) < 4.78 is 0.